The van der Waals surface area contributed by atoms with Gasteiger partial charge in [-0.15, -0.1) is 0 Å². The Hall–Kier alpha value is -3.09. The second kappa shape index (κ2) is 14.6. The molecule has 0 saturated carbocycles. The summed E-state index contributed by atoms with van der Waals surface area (Å²) < 4.78 is 0. The van der Waals surface area contributed by atoms with Crippen LogP contribution < -0.4 is 21.7 Å². The Morgan fingerprint density at radius 1 is 1.00 bits per heavy atom. The zero-order valence-electron chi connectivity index (χ0n) is 21.3. The number of amides is 3. The van der Waals surface area contributed by atoms with Gasteiger partial charge in [0.1, 0.15) is 18.1 Å². The van der Waals surface area contributed by atoms with Gasteiger partial charge in [-0.3, -0.25) is 14.4 Å². The van der Waals surface area contributed by atoms with E-state index in [-0.39, 0.29) is 18.8 Å². The fourth-order valence-corrected chi connectivity index (χ4v) is 4.32. The molecule has 11 nitrogen and oxygen atoms in total. The van der Waals surface area contributed by atoms with Crippen molar-refractivity contribution in [1.82, 2.24) is 20.9 Å². The number of aromatic nitrogens is 1. The molecule has 3 amide bonds. The van der Waals surface area contributed by atoms with Gasteiger partial charge in [-0.05, 0) is 48.8 Å². The van der Waals surface area contributed by atoms with Crippen molar-refractivity contribution in [3.63, 3.8) is 0 Å². The average molecular weight is 536 g/mol. The third-order valence-corrected chi connectivity index (χ3v) is 6.48. The largest absolute Gasteiger partial charge is 0.480 e. The Kier molecular flexibility index (Phi) is 11.9. The lowest BCUT2D eigenvalue weighted by Gasteiger charge is -2.25. The summed E-state index contributed by atoms with van der Waals surface area (Å²) in [4.78, 5) is 53.2. The summed E-state index contributed by atoms with van der Waals surface area (Å²) in [6.07, 6.45) is 4.45. The summed E-state index contributed by atoms with van der Waals surface area (Å²) in [5.74, 6) is -2.62. The molecule has 0 saturated heterocycles. The van der Waals surface area contributed by atoms with Gasteiger partial charge in [0.25, 0.3) is 0 Å². The summed E-state index contributed by atoms with van der Waals surface area (Å²) in [5, 5.41) is 26.9. The first-order valence-corrected chi connectivity index (χ1v) is 13.5. The molecule has 1 heterocycles. The number of hydrogen-bond acceptors (Lipinski definition) is 7. The standard InChI is InChI=1S/C25H37N5O6S/c1-14(2)10-20(24(34)28-19(8-9-37-3)23(33)30-21(13-31)25(35)36)29-22(32)17(26)11-15-12-27-18-7-5-4-6-16(15)18/h4-7,12,14,17,19-21,27,31H,8-11,13,26H2,1-3H3,(H,28,34)(H,29,32)(H,30,33)(H,35,36). The van der Waals surface area contributed by atoms with Crippen LogP contribution in [0.4, 0.5) is 0 Å². The first-order valence-electron chi connectivity index (χ1n) is 12.1. The quantitative estimate of drug-likeness (QED) is 0.170. The van der Waals surface area contributed by atoms with Crippen molar-refractivity contribution < 1.29 is 29.4 Å². The van der Waals surface area contributed by atoms with Crippen LogP contribution in [-0.4, -0.2) is 81.7 Å². The summed E-state index contributed by atoms with van der Waals surface area (Å²) in [6.45, 7) is 3.01. The van der Waals surface area contributed by atoms with E-state index in [0.717, 1.165) is 16.5 Å². The zero-order valence-corrected chi connectivity index (χ0v) is 22.1. The number of aromatic amines is 1. The summed E-state index contributed by atoms with van der Waals surface area (Å²) in [7, 11) is 0. The van der Waals surface area contributed by atoms with E-state index in [4.69, 9.17) is 10.8 Å². The van der Waals surface area contributed by atoms with Crippen LogP contribution in [0.25, 0.3) is 10.9 Å². The molecule has 8 N–H and O–H groups in total. The Morgan fingerprint density at radius 2 is 1.62 bits per heavy atom. The highest BCUT2D eigenvalue weighted by Gasteiger charge is 2.30. The van der Waals surface area contributed by atoms with E-state index in [1.807, 2.05) is 50.6 Å². The fourth-order valence-electron chi connectivity index (χ4n) is 3.85. The molecule has 1 aromatic heterocycles. The van der Waals surface area contributed by atoms with Crippen LogP contribution in [-0.2, 0) is 25.6 Å². The molecule has 2 rings (SSSR count). The topological polar surface area (TPSA) is 187 Å². The molecule has 0 aliphatic rings. The van der Waals surface area contributed by atoms with Crippen LogP contribution in [0.1, 0.15) is 32.3 Å². The summed E-state index contributed by atoms with van der Waals surface area (Å²) >= 11 is 1.46. The van der Waals surface area contributed by atoms with Crippen molar-refractivity contribution in [2.45, 2.75) is 57.3 Å². The van der Waals surface area contributed by atoms with E-state index >= 15 is 0 Å². The Morgan fingerprint density at radius 3 is 2.24 bits per heavy atom. The second-order valence-electron chi connectivity index (χ2n) is 9.29. The number of nitrogens with one attached hydrogen (secondary N) is 4. The summed E-state index contributed by atoms with van der Waals surface area (Å²) in [6, 6.07) is 3.29. The van der Waals surface area contributed by atoms with E-state index in [0.29, 0.717) is 12.2 Å². The third kappa shape index (κ3) is 9.06. The van der Waals surface area contributed by atoms with Crippen molar-refractivity contribution in [3.05, 3.63) is 36.0 Å². The number of carboxylic acid groups (broad SMARTS) is 1. The molecule has 0 aliphatic carbocycles. The van der Waals surface area contributed by atoms with Gasteiger partial charge in [0, 0.05) is 17.1 Å². The van der Waals surface area contributed by atoms with E-state index < -0.39 is 54.5 Å². The van der Waals surface area contributed by atoms with Gasteiger partial charge in [0.15, 0.2) is 0 Å². The van der Waals surface area contributed by atoms with E-state index in [1.54, 1.807) is 0 Å². The lowest BCUT2D eigenvalue weighted by Crippen LogP contribution is -2.58. The molecule has 204 valence electrons. The number of benzene rings is 1. The van der Waals surface area contributed by atoms with E-state index in [1.165, 1.54) is 11.8 Å². The van der Waals surface area contributed by atoms with E-state index in [9.17, 15) is 24.3 Å². The first-order chi connectivity index (χ1) is 17.6. The molecule has 0 spiro atoms. The minimum atomic E-state index is -1.49. The number of carbonyl (C=O) groups excluding carboxylic acids is 3. The van der Waals surface area contributed by atoms with Gasteiger partial charge < -0.3 is 36.9 Å². The normalized spacial score (nSPS) is 14.5. The van der Waals surface area contributed by atoms with Crippen molar-refractivity contribution in [3.8, 4) is 0 Å². The Bertz CT molecular complexity index is 1070. The molecular formula is C25H37N5O6S. The number of nitrogens with two attached hydrogens (primary N) is 1. The molecule has 0 fully saturated rings. The van der Waals surface area contributed by atoms with Crippen molar-refractivity contribution in [2.75, 3.05) is 18.6 Å². The Balaban J connectivity index is 2.10. The number of hydrogen-bond donors (Lipinski definition) is 7. The van der Waals surface area contributed by atoms with Crippen LogP contribution in [0.2, 0.25) is 0 Å². The maximum atomic E-state index is 13.2. The van der Waals surface area contributed by atoms with Crippen molar-refractivity contribution >= 4 is 46.4 Å². The lowest BCUT2D eigenvalue weighted by atomic mass is 10.0. The number of rotatable bonds is 15. The van der Waals surface area contributed by atoms with Crippen LogP contribution in [0, 0.1) is 5.92 Å². The smallest absolute Gasteiger partial charge is 0.328 e. The van der Waals surface area contributed by atoms with Gasteiger partial charge in [0.05, 0.1) is 12.6 Å². The number of para-hydroxylation sites is 1. The van der Waals surface area contributed by atoms with E-state index in [2.05, 4.69) is 20.9 Å². The van der Waals surface area contributed by atoms with Crippen LogP contribution in [0.5, 0.6) is 0 Å². The SMILES string of the molecule is CSCCC(NC(=O)C(CC(C)C)NC(=O)C(N)Cc1c[nH]c2ccccc12)C(=O)NC(CO)C(=O)O. The molecule has 0 radical (unpaired) electrons. The van der Waals surface area contributed by atoms with Gasteiger partial charge in [-0.1, -0.05) is 32.0 Å². The lowest BCUT2D eigenvalue weighted by molar-refractivity contribution is -0.143. The molecule has 0 bridgehead atoms. The molecule has 37 heavy (non-hydrogen) atoms. The van der Waals surface area contributed by atoms with Gasteiger partial charge in [-0.25, -0.2) is 4.79 Å². The first kappa shape index (κ1) is 30.1. The number of aliphatic carboxylic acids is 1. The predicted octanol–water partition coefficient (Wildman–Crippen LogP) is 0.368. The molecule has 2 aromatic rings. The maximum Gasteiger partial charge on any atom is 0.328 e. The Labute approximate surface area is 220 Å². The number of carboxylic acids is 1. The monoisotopic (exact) mass is 535 g/mol. The molecule has 4 unspecified atom stereocenters. The number of H-pyrrole nitrogens is 1. The van der Waals surface area contributed by atoms with Gasteiger partial charge in [0.2, 0.25) is 17.7 Å². The van der Waals surface area contributed by atoms with Crippen LogP contribution >= 0.6 is 11.8 Å². The molecular weight excluding hydrogens is 498 g/mol. The average Bonchev–Trinajstić information content (AvgIpc) is 3.26. The van der Waals surface area contributed by atoms with Crippen molar-refractivity contribution in [2.24, 2.45) is 11.7 Å². The highest BCUT2D eigenvalue weighted by Crippen LogP contribution is 2.19. The predicted molar refractivity (Wildman–Crippen MR) is 143 cm³/mol. The van der Waals surface area contributed by atoms with Gasteiger partial charge in [-0.2, -0.15) is 11.8 Å². The number of aliphatic hydroxyl groups is 1. The number of carbonyl (C=O) groups is 4. The third-order valence-electron chi connectivity index (χ3n) is 5.83. The number of aliphatic hydroxyl groups excluding tert-OH is 1. The minimum absolute atomic E-state index is 0.0464. The number of thioether (sulfide) groups is 1. The van der Waals surface area contributed by atoms with Crippen LogP contribution in [0.3, 0.4) is 0 Å². The van der Waals surface area contributed by atoms with Crippen molar-refractivity contribution in [1.29, 1.82) is 0 Å². The molecule has 1 aromatic carbocycles. The van der Waals surface area contributed by atoms with Gasteiger partial charge >= 0.3 is 5.97 Å². The fraction of sp³-hybridized carbons (Fsp3) is 0.520. The zero-order chi connectivity index (χ0) is 27.5. The highest BCUT2D eigenvalue weighted by molar-refractivity contribution is 7.98. The second-order valence-corrected chi connectivity index (χ2v) is 10.3. The van der Waals surface area contributed by atoms with Crippen LogP contribution in [0.15, 0.2) is 30.5 Å². The molecule has 4 atom stereocenters. The maximum absolute atomic E-state index is 13.2. The molecule has 0 aliphatic heterocycles. The highest BCUT2D eigenvalue weighted by atomic mass is 32.2. The minimum Gasteiger partial charge on any atom is -0.480 e. The molecule has 12 heteroatoms. The summed E-state index contributed by atoms with van der Waals surface area (Å²) in [5.41, 5.74) is 8.01. The number of fused-ring (bicyclic) bond motifs is 1.